The van der Waals surface area contributed by atoms with Crippen LogP contribution in [0.25, 0.3) is 5.69 Å². The summed E-state index contributed by atoms with van der Waals surface area (Å²) >= 11 is 0. The van der Waals surface area contributed by atoms with Crippen LogP contribution in [-0.2, 0) is 10.0 Å². The number of nitrogens with zero attached hydrogens (tertiary/aromatic N) is 1. The zero-order valence-corrected chi connectivity index (χ0v) is 11.0. The van der Waals surface area contributed by atoms with Gasteiger partial charge in [-0.3, -0.25) is 5.84 Å². The highest BCUT2D eigenvalue weighted by Crippen LogP contribution is 2.18. The van der Waals surface area contributed by atoms with Gasteiger partial charge in [0.1, 0.15) is 0 Å². The molecule has 5 nitrogen and oxygen atoms in total. The smallest absolute Gasteiger partial charge is 0.253 e. The Bertz CT molecular complexity index is 638. The monoisotopic (exact) mass is 265 g/mol. The lowest BCUT2D eigenvalue weighted by Crippen LogP contribution is -2.30. The Morgan fingerprint density at radius 3 is 1.94 bits per heavy atom. The Morgan fingerprint density at radius 1 is 1.00 bits per heavy atom. The predicted octanol–water partition coefficient (Wildman–Crippen LogP) is 1.25. The summed E-state index contributed by atoms with van der Waals surface area (Å²) in [7, 11) is -3.59. The van der Waals surface area contributed by atoms with Crippen molar-refractivity contribution in [3.63, 3.8) is 0 Å². The lowest BCUT2D eigenvalue weighted by molar-refractivity contribution is 0.584. The molecule has 1 aromatic carbocycles. The third kappa shape index (κ3) is 2.17. The standard InChI is InChI=1S/C12H15N3O2S/c1-9-3-4-10(2)15(9)11-5-7-12(8-6-11)18(16,17)14-13/h3-8,14H,13H2,1-2H3. The van der Waals surface area contributed by atoms with Gasteiger partial charge in [0.05, 0.1) is 4.90 Å². The first kappa shape index (κ1) is 12.8. The summed E-state index contributed by atoms with van der Waals surface area (Å²) in [5, 5.41) is 0. The number of hydrogen-bond donors (Lipinski definition) is 2. The Kier molecular flexibility index (Phi) is 3.25. The van der Waals surface area contributed by atoms with Gasteiger partial charge in [0.2, 0.25) is 0 Å². The van der Waals surface area contributed by atoms with Gasteiger partial charge in [0.25, 0.3) is 10.0 Å². The fourth-order valence-corrected chi connectivity index (χ4v) is 2.55. The number of rotatable bonds is 3. The quantitative estimate of drug-likeness (QED) is 0.647. The van der Waals surface area contributed by atoms with Crippen LogP contribution in [-0.4, -0.2) is 13.0 Å². The van der Waals surface area contributed by atoms with Gasteiger partial charge in [-0.15, -0.1) is 0 Å². The van der Waals surface area contributed by atoms with Gasteiger partial charge in [-0.05, 0) is 50.2 Å². The number of benzene rings is 1. The van der Waals surface area contributed by atoms with Crippen LogP contribution in [0.4, 0.5) is 0 Å². The first-order valence-corrected chi connectivity index (χ1v) is 6.92. The number of aryl methyl sites for hydroxylation is 2. The minimum atomic E-state index is -3.59. The van der Waals surface area contributed by atoms with Crippen molar-refractivity contribution in [1.82, 2.24) is 9.40 Å². The van der Waals surface area contributed by atoms with Crippen molar-refractivity contribution >= 4 is 10.0 Å². The fourth-order valence-electron chi connectivity index (χ4n) is 1.92. The molecule has 6 heteroatoms. The first-order valence-electron chi connectivity index (χ1n) is 5.43. The van der Waals surface area contributed by atoms with Gasteiger partial charge < -0.3 is 4.57 Å². The number of sulfonamides is 1. The van der Waals surface area contributed by atoms with E-state index in [1.807, 2.05) is 30.5 Å². The minimum absolute atomic E-state index is 0.149. The summed E-state index contributed by atoms with van der Waals surface area (Å²) in [6, 6.07) is 10.6. The van der Waals surface area contributed by atoms with Crippen LogP contribution >= 0.6 is 0 Å². The van der Waals surface area contributed by atoms with Gasteiger partial charge in [-0.2, -0.15) is 4.83 Å². The molecule has 0 radical (unpaired) electrons. The van der Waals surface area contributed by atoms with E-state index in [1.165, 1.54) is 12.1 Å². The van der Waals surface area contributed by atoms with Crippen molar-refractivity contribution in [3.05, 3.63) is 47.8 Å². The van der Waals surface area contributed by atoms with Crippen molar-refractivity contribution in [2.24, 2.45) is 5.84 Å². The van der Waals surface area contributed by atoms with Crippen molar-refractivity contribution < 1.29 is 8.42 Å². The maximum Gasteiger partial charge on any atom is 0.253 e. The average molecular weight is 265 g/mol. The number of hydrazine groups is 1. The first-order chi connectivity index (χ1) is 8.45. The molecular formula is C12H15N3O2S. The average Bonchev–Trinajstić information content (AvgIpc) is 2.69. The largest absolute Gasteiger partial charge is 0.319 e. The Labute approximate surface area is 106 Å². The molecule has 0 saturated heterocycles. The van der Waals surface area contributed by atoms with Crippen LogP contribution in [0.5, 0.6) is 0 Å². The topological polar surface area (TPSA) is 77.1 Å². The molecule has 0 fully saturated rings. The molecule has 1 heterocycles. The van der Waals surface area contributed by atoms with Gasteiger partial charge >= 0.3 is 0 Å². The maximum atomic E-state index is 11.5. The van der Waals surface area contributed by atoms with Crippen LogP contribution in [0.3, 0.4) is 0 Å². The molecule has 0 atom stereocenters. The van der Waals surface area contributed by atoms with Gasteiger partial charge in [-0.25, -0.2) is 8.42 Å². The molecule has 18 heavy (non-hydrogen) atoms. The van der Waals surface area contributed by atoms with Crippen LogP contribution in [0, 0.1) is 13.8 Å². The van der Waals surface area contributed by atoms with Crippen molar-refractivity contribution in [1.29, 1.82) is 0 Å². The van der Waals surface area contributed by atoms with Crippen molar-refractivity contribution in [2.45, 2.75) is 18.7 Å². The van der Waals surface area contributed by atoms with Crippen LogP contribution in [0.1, 0.15) is 11.4 Å². The lowest BCUT2D eigenvalue weighted by atomic mass is 10.3. The van der Waals surface area contributed by atoms with Crippen LogP contribution in [0.2, 0.25) is 0 Å². The Hall–Kier alpha value is -1.63. The molecule has 2 aromatic rings. The Morgan fingerprint density at radius 2 is 1.50 bits per heavy atom. The molecule has 2 rings (SSSR count). The van der Waals surface area contributed by atoms with E-state index in [2.05, 4.69) is 0 Å². The van der Waals surface area contributed by atoms with Crippen molar-refractivity contribution in [3.8, 4) is 5.69 Å². The number of hydrogen-bond acceptors (Lipinski definition) is 3. The summed E-state index contributed by atoms with van der Waals surface area (Å²) < 4.78 is 25.0. The molecule has 3 N–H and O–H groups in total. The zero-order chi connectivity index (χ0) is 13.3. The molecule has 96 valence electrons. The number of aromatic nitrogens is 1. The zero-order valence-electron chi connectivity index (χ0n) is 10.2. The number of nitrogens with two attached hydrogens (primary N) is 1. The van der Waals surface area contributed by atoms with E-state index in [4.69, 9.17) is 5.84 Å². The second-order valence-electron chi connectivity index (χ2n) is 4.07. The van der Waals surface area contributed by atoms with Gasteiger partial charge in [-0.1, -0.05) is 0 Å². The third-order valence-corrected chi connectivity index (χ3v) is 4.03. The highest BCUT2D eigenvalue weighted by atomic mass is 32.2. The van der Waals surface area contributed by atoms with Crippen LogP contribution in [0.15, 0.2) is 41.3 Å². The second-order valence-corrected chi connectivity index (χ2v) is 5.78. The molecule has 1 aromatic heterocycles. The third-order valence-electron chi connectivity index (χ3n) is 2.83. The highest BCUT2D eigenvalue weighted by Gasteiger charge is 2.11. The second kappa shape index (κ2) is 4.56. The molecule has 0 bridgehead atoms. The fraction of sp³-hybridized carbons (Fsp3) is 0.167. The Balaban J connectivity index is 2.46. The van der Waals surface area contributed by atoms with Gasteiger partial charge in [0, 0.05) is 17.1 Å². The molecule has 0 unspecified atom stereocenters. The maximum absolute atomic E-state index is 11.5. The van der Waals surface area contributed by atoms with E-state index in [9.17, 15) is 8.42 Å². The van der Waals surface area contributed by atoms with Crippen LogP contribution < -0.4 is 10.7 Å². The SMILES string of the molecule is Cc1ccc(C)n1-c1ccc(S(=O)(=O)NN)cc1. The molecule has 0 aliphatic carbocycles. The minimum Gasteiger partial charge on any atom is -0.319 e. The van der Waals surface area contributed by atoms with E-state index < -0.39 is 10.0 Å². The molecule has 0 saturated carbocycles. The van der Waals surface area contributed by atoms with E-state index in [0.717, 1.165) is 17.1 Å². The molecular weight excluding hydrogens is 250 g/mol. The normalized spacial score (nSPS) is 11.7. The van der Waals surface area contributed by atoms with E-state index in [1.54, 1.807) is 17.0 Å². The summed E-state index contributed by atoms with van der Waals surface area (Å²) in [4.78, 5) is 1.95. The predicted molar refractivity (Wildman–Crippen MR) is 69.8 cm³/mol. The highest BCUT2D eigenvalue weighted by molar-refractivity contribution is 7.89. The molecule has 0 amide bonds. The summed E-state index contributed by atoms with van der Waals surface area (Å²) in [5.41, 5.74) is 3.12. The summed E-state index contributed by atoms with van der Waals surface area (Å²) in [6.07, 6.45) is 0. The number of nitrogens with one attached hydrogen (secondary N) is 1. The summed E-state index contributed by atoms with van der Waals surface area (Å²) in [6.45, 7) is 4.00. The summed E-state index contributed by atoms with van der Waals surface area (Å²) in [5.74, 6) is 4.98. The van der Waals surface area contributed by atoms with E-state index in [-0.39, 0.29) is 4.90 Å². The van der Waals surface area contributed by atoms with Gasteiger partial charge in [0.15, 0.2) is 0 Å². The molecule has 0 aliphatic rings. The lowest BCUT2D eigenvalue weighted by Gasteiger charge is -2.10. The molecule has 0 spiro atoms. The van der Waals surface area contributed by atoms with E-state index >= 15 is 0 Å². The van der Waals surface area contributed by atoms with Crippen molar-refractivity contribution in [2.75, 3.05) is 0 Å². The van der Waals surface area contributed by atoms with E-state index in [0.29, 0.717) is 0 Å². The molecule has 0 aliphatic heterocycles.